The second-order valence-corrected chi connectivity index (χ2v) is 8.88. The van der Waals surface area contributed by atoms with E-state index in [1.807, 2.05) is 31.2 Å². The standard InChI is InChI=1S/C21H19F2NO4S/c1-13-5-3-4-6-18(13)21-24-20(14(2)28-21)12-29(26,27)11-17(25)10-15-9-16(22)7-8-19(15)23/h3-9H,10-12H2,1-2H3. The lowest BCUT2D eigenvalue weighted by Gasteiger charge is -2.04. The van der Waals surface area contributed by atoms with Crippen LogP contribution in [-0.4, -0.2) is 24.9 Å². The molecule has 0 atom stereocenters. The van der Waals surface area contributed by atoms with Gasteiger partial charge in [-0.05, 0) is 49.2 Å². The Bertz CT molecular complexity index is 1170. The van der Waals surface area contributed by atoms with Gasteiger partial charge in [0.15, 0.2) is 15.6 Å². The molecule has 0 aliphatic heterocycles. The van der Waals surface area contributed by atoms with E-state index in [0.717, 1.165) is 29.3 Å². The smallest absolute Gasteiger partial charge is 0.226 e. The van der Waals surface area contributed by atoms with Crippen molar-refractivity contribution < 1.29 is 26.4 Å². The Morgan fingerprint density at radius 1 is 1.10 bits per heavy atom. The summed E-state index contributed by atoms with van der Waals surface area (Å²) in [6.45, 7) is 3.49. The van der Waals surface area contributed by atoms with Crippen LogP contribution in [0.5, 0.6) is 0 Å². The van der Waals surface area contributed by atoms with Crippen LogP contribution in [-0.2, 0) is 26.8 Å². The second kappa shape index (κ2) is 8.24. The highest BCUT2D eigenvalue weighted by molar-refractivity contribution is 7.91. The van der Waals surface area contributed by atoms with Crippen molar-refractivity contribution in [3.63, 3.8) is 0 Å². The van der Waals surface area contributed by atoms with E-state index in [4.69, 9.17) is 4.42 Å². The van der Waals surface area contributed by atoms with Crippen molar-refractivity contribution in [1.82, 2.24) is 4.98 Å². The van der Waals surface area contributed by atoms with Crippen molar-refractivity contribution in [1.29, 1.82) is 0 Å². The SMILES string of the molecule is Cc1ccccc1-c1nc(CS(=O)(=O)CC(=O)Cc2cc(F)ccc2F)c(C)o1. The van der Waals surface area contributed by atoms with Crippen molar-refractivity contribution in [3.05, 3.63) is 76.7 Å². The van der Waals surface area contributed by atoms with E-state index in [1.165, 1.54) is 0 Å². The summed E-state index contributed by atoms with van der Waals surface area (Å²) in [6, 6.07) is 10.1. The molecule has 3 rings (SSSR count). The molecular formula is C21H19F2NO4S. The third-order valence-electron chi connectivity index (χ3n) is 4.40. The van der Waals surface area contributed by atoms with Crippen molar-refractivity contribution >= 4 is 15.6 Å². The van der Waals surface area contributed by atoms with E-state index in [-0.39, 0.29) is 11.3 Å². The van der Waals surface area contributed by atoms with Gasteiger partial charge in [0.1, 0.15) is 23.1 Å². The van der Waals surface area contributed by atoms with Crippen LogP contribution in [0.25, 0.3) is 11.5 Å². The molecule has 0 bridgehead atoms. The molecule has 0 aliphatic rings. The maximum Gasteiger partial charge on any atom is 0.226 e. The number of aryl methyl sites for hydroxylation is 2. The fraction of sp³-hybridized carbons (Fsp3) is 0.238. The maximum absolute atomic E-state index is 13.7. The van der Waals surface area contributed by atoms with Gasteiger partial charge < -0.3 is 4.42 Å². The predicted octanol–water partition coefficient (Wildman–Crippen LogP) is 3.96. The summed E-state index contributed by atoms with van der Waals surface area (Å²) in [5.41, 5.74) is 1.71. The molecule has 152 valence electrons. The predicted molar refractivity (Wildman–Crippen MR) is 104 cm³/mol. The fourth-order valence-electron chi connectivity index (χ4n) is 2.94. The van der Waals surface area contributed by atoms with Gasteiger partial charge in [-0.15, -0.1) is 0 Å². The number of hydrogen-bond donors (Lipinski definition) is 0. The number of hydrogen-bond acceptors (Lipinski definition) is 5. The highest BCUT2D eigenvalue weighted by Gasteiger charge is 2.23. The number of rotatable bonds is 7. The minimum atomic E-state index is -3.87. The first kappa shape index (κ1) is 20.9. The van der Waals surface area contributed by atoms with Crippen LogP contribution < -0.4 is 0 Å². The molecule has 3 aromatic rings. The molecule has 0 N–H and O–H groups in total. The number of carbonyl (C=O) groups excluding carboxylic acids is 1. The van der Waals surface area contributed by atoms with Gasteiger partial charge in [-0.25, -0.2) is 22.2 Å². The maximum atomic E-state index is 13.7. The lowest BCUT2D eigenvalue weighted by molar-refractivity contribution is -0.116. The number of carbonyl (C=O) groups is 1. The Balaban J connectivity index is 1.73. The van der Waals surface area contributed by atoms with Gasteiger partial charge in [-0.3, -0.25) is 4.79 Å². The highest BCUT2D eigenvalue weighted by Crippen LogP contribution is 2.25. The summed E-state index contributed by atoms with van der Waals surface area (Å²) in [5, 5.41) is 0. The molecule has 0 spiro atoms. The molecule has 5 nitrogen and oxygen atoms in total. The monoisotopic (exact) mass is 419 g/mol. The van der Waals surface area contributed by atoms with Crippen LogP contribution in [0.4, 0.5) is 8.78 Å². The molecule has 0 saturated carbocycles. The summed E-state index contributed by atoms with van der Waals surface area (Å²) >= 11 is 0. The van der Waals surface area contributed by atoms with Crippen LogP contribution in [0.1, 0.15) is 22.6 Å². The third-order valence-corrected chi connectivity index (χ3v) is 5.88. The van der Waals surface area contributed by atoms with Crippen LogP contribution in [0.3, 0.4) is 0 Å². The van der Waals surface area contributed by atoms with Crippen LogP contribution in [0.15, 0.2) is 46.9 Å². The van der Waals surface area contributed by atoms with Gasteiger partial charge in [-0.2, -0.15) is 0 Å². The van der Waals surface area contributed by atoms with Crippen LogP contribution >= 0.6 is 0 Å². The molecule has 8 heteroatoms. The largest absolute Gasteiger partial charge is 0.441 e. The molecule has 0 aliphatic carbocycles. The summed E-state index contributed by atoms with van der Waals surface area (Å²) in [6.07, 6.45) is -0.505. The molecule has 1 heterocycles. The fourth-order valence-corrected chi connectivity index (χ4v) is 4.32. The molecule has 0 amide bonds. The number of benzene rings is 2. The first-order chi connectivity index (χ1) is 13.6. The van der Waals surface area contributed by atoms with Crippen molar-refractivity contribution in [2.24, 2.45) is 0 Å². The molecule has 0 radical (unpaired) electrons. The van der Waals surface area contributed by atoms with Crippen LogP contribution in [0.2, 0.25) is 0 Å². The number of ketones is 1. The van der Waals surface area contributed by atoms with Gasteiger partial charge in [-0.1, -0.05) is 18.2 Å². The quantitative estimate of drug-likeness (QED) is 0.579. The molecule has 0 saturated heterocycles. The highest BCUT2D eigenvalue weighted by atomic mass is 32.2. The normalized spacial score (nSPS) is 11.6. The Morgan fingerprint density at radius 3 is 2.55 bits per heavy atom. The minimum Gasteiger partial charge on any atom is -0.441 e. The zero-order chi connectivity index (χ0) is 21.2. The molecule has 2 aromatic carbocycles. The third kappa shape index (κ3) is 5.14. The summed E-state index contributed by atoms with van der Waals surface area (Å²) < 4.78 is 57.4. The molecule has 29 heavy (non-hydrogen) atoms. The Kier molecular flexibility index (Phi) is 5.93. The Labute approximate surface area is 167 Å². The van der Waals surface area contributed by atoms with E-state index < -0.39 is 45.2 Å². The zero-order valence-corrected chi connectivity index (χ0v) is 16.7. The number of Topliss-reactive ketones (excluding diaryl/α,β-unsaturated/α-hetero) is 1. The molecule has 0 fully saturated rings. The Hall–Kier alpha value is -2.87. The second-order valence-electron chi connectivity index (χ2n) is 6.82. The summed E-state index contributed by atoms with van der Waals surface area (Å²) in [5.74, 6) is -2.81. The van der Waals surface area contributed by atoms with Gasteiger partial charge in [0.2, 0.25) is 5.89 Å². The van der Waals surface area contributed by atoms with E-state index in [1.54, 1.807) is 6.92 Å². The summed E-state index contributed by atoms with van der Waals surface area (Å²) in [4.78, 5) is 16.4. The van der Waals surface area contributed by atoms with E-state index >= 15 is 0 Å². The van der Waals surface area contributed by atoms with E-state index in [0.29, 0.717) is 11.7 Å². The van der Waals surface area contributed by atoms with Crippen molar-refractivity contribution in [3.8, 4) is 11.5 Å². The number of sulfone groups is 1. The lowest BCUT2D eigenvalue weighted by Crippen LogP contribution is -2.20. The number of aromatic nitrogens is 1. The van der Waals surface area contributed by atoms with Crippen molar-refractivity contribution in [2.45, 2.75) is 26.0 Å². The Morgan fingerprint density at radius 2 is 1.83 bits per heavy atom. The molecule has 1 aromatic heterocycles. The number of oxazole rings is 1. The average Bonchev–Trinajstić information content (AvgIpc) is 2.97. The zero-order valence-electron chi connectivity index (χ0n) is 15.9. The lowest BCUT2D eigenvalue weighted by atomic mass is 10.1. The number of nitrogens with zero attached hydrogens (tertiary/aromatic N) is 1. The number of halogens is 2. The van der Waals surface area contributed by atoms with Gasteiger partial charge in [0.25, 0.3) is 0 Å². The molecule has 0 unspecified atom stereocenters. The topological polar surface area (TPSA) is 77.2 Å². The van der Waals surface area contributed by atoms with Crippen LogP contribution in [0, 0.1) is 25.5 Å². The van der Waals surface area contributed by atoms with E-state index in [9.17, 15) is 22.0 Å². The van der Waals surface area contributed by atoms with E-state index in [2.05, 4.69) is 4.98 Å². The minimum absolute atomic E-state index is 0.176. The van der Waals surface area contributed by atoms with Crippen molar-refractivity contribution in [2.75, 3.05) is 5.75 Å². The molecular weight excluding hydrogens is 400 g/mol. The first-order valence-corrected chi connectivity index (χ1v) is 10.6. The first-order valence-electron chi connectivity index (χ1n) is 8.83. The van der Waals surface area contributed by atoms with Gasteiger partial charge >= 0.3 is 0 Å². The average molecular weight is 419 g/mol. The van der Waals surface area contributed by atoms with Gasteiger partial charge in [0, 0.05) is 12.0 Å². The summed E-state index contributed by atoms with van der Waals surface area (Å²) in [7, 11) is -3.87. The van der Waals surface area contributed by atoms with Gasteiger partial charge in [0.05, 0.1) is 11.4 Å².